The largest absolute Gasteiger partial charge is 0.508 e. The molecule has 3 heteroatoms. The van der Waals surface area contributed by atoms with Gasteiger partial charge in [-0.2, -0.15) is 0 Å². The second-order valence-corrected chi connectivity index (χ2v) is 5.49. The van der Waals surface area contributed by atoms with Crippen LogP contribution in [0.5, 0.6) is 0 Å². The molecular weight excluding hydrogens is 300 g/mol. The smallest absolute Gasteiger partial charge is 0.431 e. The summed E-state index contributed by atoms with van der Waals surface area (Å²) in [5, 5.41) is 0. The SMILES string of the molecule is C=CC=CCC(C=C)C(C)OC(=O)OC(C)C(C=C)CC=CC=C. The topological polar surface area (TPSA) is 35.5 Å². The summed E-state index contributed by atoms with van der Waals surface area (Å²) in [6, 6.07) is 0. The number of hydrogen-bond acceptors (Lipinski definition) is 3. The van der Waals surface area contributed by atoms with Gasteiger partial charge in [0.2, 0.25) is 0 Å². The molecule has 0 aromatic carbocycles. The fraction of sp³-hybridized carbons (Fsp3) is 0.381. The van der Waals surface area contributed by atoms with E-state index in [2.05, 4.69) is 26.3 Å². The summed E-state index contributed by atoms with van der Waals surface area (Å²) >= 11 is 0. The number of rotatable bonds is 12. The summed E-state index contributed by atoms with van der Waals surface area (Å²) < 4.78 is 10.7. The number of carbonyl (C=O) groups is 1. The molecule has 0 fully saturated rings. The number of ether oxygens (including phenoxy) is 2. The van der Waals surface area contributed by atoms with Gasteiger partial charge < -0.3 is 9.47 Å². The van der Waals surface area contributed by atoms with E-state index in [0.717, 1.165) is 12.8 Å². The van der Waals surface area contributed by atoms with Gasteiger partial charge in [0.05, 0.1) is 0 Å². The molecule has 0 bridgehead atoms. The van der Waals surface area contributed by atoms with Gasteiger partial charge in [0, 0.05) is 11.8 Å². The van der Waals surface area contributed by atoms with Crippen LogP contribution in [0.1, 0.15) is 26.7 Å². The first-order chi connectivity index (χ1) is 11.5. The first kappa shape index (κ1) is 21.7. The molecule has 4 atom stereocenters. The van der Waals surface area contributed by atoms with E-state index < -0.39 is 6.16 Å². The normalized spacial score (nSPS) is 16.1. The first-order valence-electron chi connectivity index (χ1n) is 8.17. The molecule has 0 aliphatic heterocycles. The van der Waals surface area contributed by atoms with Gasteiger partial charge in [0.1, 0.15) is 12.2 Å². The molecule has 0 amide bonds. The third-order valence-electron chi connectivity index (χ3n) is 3.74. The number of carbonyl (C=O) groups excluding carboxylic acids is 1. The van der Waals surface area contributed by atoms with E-state index in [-0.39, 0.29) is 24.0 Å². The van der Waals surface area contributed by atoms with Crippen LogP contribution in [0.15, 0.2) is 74.9 Å². The Morgan fingerprint density at radius 3 is 1.50 bits per heavy atom. The maximum Gasteiger partial charge on any atom is 0.508 e. The van der Waals surface area contributed by atoms with Crippen molar-refractivity contribution in [2.45, 2.75) is 38.9 Å². The highest BCUT2D eigenvalue weighted by atomic mass is 16.7. The second kappa shape index (κ2) is 13.2. The summed E-state index contributed by atoms with van der Waals surface area (Å²) in [6.45, 7) is 18.5. The lowest BCUT2D eigenvalue weighted by molar-refractivity contribution is -0.0115. The van der Waals surface area contributed by atoms with Gasteiger partial charge >= 0.3 is 6.16 Å². The molecule has 4 unspecified atom stereocenters. The van der Waals surface area contributed by atoms with Gasteiger partial charge in [-0.15, -0.1) is 13.2 Å². The number of allylic oxidation sites excluding steroid dienone is 6. The zero-order valence-electron chi connectivity index (χ0n) is 14.9. The molecule has 0 aliphatic rings. The lowest BCUT2D eigenvalue weighted by atomic mass is 9.99. The molecule has 0 heterocycles. The first-order valence-corrected chi connectivity index (χ1v) is 8.17. The Morgan fingerprint density at radius 2 is 1.21 bits per heavy atom. The van der Waals surface area contributed by atoms with E-state index in [0.29, 0.717) is 0 Å². The highest BCUT2D eigenvalue weighted by Gasteiger charge is 2.22. The van der Waals surface area contributed by atoms with Crippen molar-refractivity contribution in [1.29, 1.82) is 0 Å². The van der Waals surface area contributed by atoms with Gasteiger partial charge in [0.15, 0.2) is 0 Å². The van der Waals surface area contributed by atoms with Crippen LogP contribution in [-0.2, 0) is 9.47 Å². The van der Waals surface area contributed by atoms with Crippen LogP contribution in [-0.4, -0.2) is 18.4 Å². The lowest BCUT2D eigenvalue weighted by Gasteiger charge is -2.23. The predicted octanol–water partition coefficient (Wildman–Crippen LogP) is 5.79. The van der Waals surface area contributed by atoms with Crippen LogP contribution in [0.2, 0.25) is 0 Å². The molecule has 0 N–H and O–H groups in total. The minimum atomic E-state index is -0.672. The van der Waals surface area contributed by atoms with Gasteiger partial charge in [-0.3, -0.25) is 0 Å². The van der Waals surface area contributed by atoms with Crippen molar-refractivity contribution in [3.63, 3.8) is 0 Å². The van der Waals surface area contributed by atoms with Crippen molar-refractivity contribution < 1.29 is 14.3 Å². The van der Waals surface area contributed by atoms with E-state index in [4.69, 9.17) is 9.47 Å². The summed E-state index contributed by atoms with van der Waals surface area (Å²) in [4.78, 5) is 12.0. The van der Waals surface area contributed by atoms with E-state index in [9.17, 15) is 4.79 Å². The quantitative estimate of drug-likeness (QED) is 0.258. The van der Waals surface area contributed by atoms with Crippen LogP contribution in [0.3, 0.4) is 0 Å². The fourth-order valence-corrected chi connectivity index (χ4v) is 2.13. The minimum absolute atomic E-state index is 0.0229. The molecular formula is C21H30O3. The van der Waals surface area contributed by atoms with Crippen molar-refractivity contribution in [3.8, 4) is 0 Å². The van der Waals surface area contributed by atoms with Gasteiger partial charge in [0.25, 0.3) is 0 Å². The lowest BCUT2D eigenvalue weighted by Crippen LogP contribution is -2.28. The van der Waals surface area contributed by atoms with Crippen molar-refractivity contribution in [2.75, 3.05) is 0 Å². The van der Waals surface area contributed by atoms with Crippen molar-refractivity contribution in [3.05, 3.63) is 74.9 Å². The predicted molar refractivity (Wildman–Crippen MR) is 102 cm³/mol. The highest BCUT2D eigenvalue weighted by Crippen LogP contribution is 2.18. The Morgan fingerprint density at radius 1 is 0.833 bits per heavy atom. The Balaban J connectivity index is 4.52. The maximum absolute atomic E-state index is 12.0. The van der Waals surface area contributed by atoms with Crippen LogP contribution in [0, 0.1) is 11.8 Å². The highest BCUT2D eigenvalue weighted by molar-refractivity contribution is 5.60. The molecule has 0 radical (unpaired) electrons. The Labute approximate surface area is 146 Å². The van der Waals surface area contributed by atoms with Crippen molar-refractivity contribution in [2.24, 2.45) is 11.8 Å². The van der Waals surface area contributed by atoms with E-state index >= 15 is 0 Å². The van der Waals surface area contributed by atoms with E-state index in [1.165, 1.54) is 0 Å². The van der Waals surface area contributed by atoms with Gasteiger partial charge in [-0.05, 0) is 26.7 Å². The Hall–Kier alpha value is -2.29. The summed E-state index contributed by atoms with van der Waals surface area (Å²) in [5.41, 5.74) is 0. The third kappa shape index (κ3) is 8.99. The van der Waals surface area contributed by atoms with Crippen LogP contribution in [0.4, 0.5) is 4.79 Å². The Bertz CT molecular complexity index is 431. The summed E-state index contributed by atoms with van der Waals surface area (Å²) in [5.74, 6) is 0.0459. The van der Waals surface area contributed by atoms with Crippen LogP contribution in [0.25, 0.3) is 0 Å². The van der Waals surface area contributed by atoms with Gasteiger partial charge in [-0.1, -0.05) is 61.8 Å². The minimum Gasteiger partial charge on any atom is -0.431 e. The monoisotopic (exact) mass is 330 g/mol. The standard InChI is InChI=1S/C21H30O3/c1-7-11-13-15-19(9-3)17(5)23-21(22)24-18(6)20(10-4)16-14-12-8-2/h7-14,17-20H,1-4,15-16H2,5-6H3. The third-order valence-corrected chi connectivity index (χ3v) is 3.74. The zero-order valence-corrected chi connectivity index (χ0v) is 14.9. The maximum atomic E-state index is 12.0. The number of hydrogen-bond donors (Lipinski definition) is 0. The van der Waals surface area contributed by atoms with Crippen LogP contribution >= 0.6 is 0 Å². The summed E-state index contributed by atoms with van der Waals surface area (Å²) in [7, 11) is 0. The van der Waals surface area contributed by atoms with Crippen molar-refractivity contribution >= 4 is 6.16 Å². The molecule has 0 aromatic rings. The zero-order chi connectivity index (χ0) is 18.4. The molecule has 0 saturated carbocycles. The molecule has 3 nitrogen and oxygen atoms in total. The van der Waals surface area contributed by atoms with E-state index in [1.807, 2.05) is 38.2 Å². The fourth-order valence-electron chi connectivity index (χ4n) is 2.13. The molecule has 0 saturated heterocycles. The van der Waals surface area contributed by atoms with Crippen molar-refractivity contribution in [1.82, 2.24) is 0 Å². The molecule has 0 spiro atoms. The van der Waals surface area contributed by atoms with Gasteiger partial charge in [-0.25, -0.2) is 4.79 Å². The van der Waals surface area contributed by atoms with Crippen LogP contribution < -0.4 is 0 Å². The molecule has 132 valence electrons. The van der Waals surface area contributed by atoms with E-state index in [1.54, 1.807) is 24.3 Å². The molecule has 0 rings (SSSR count). The molecule has 0 aromatic heterocycles. The molecule has 24 heavy (non-hydrogen) atoms. The second-order valence-electron chi connectivity index (χ2n) is 5.49. The average molecular weight is 330 g/mol. The Kier molecular flexibility index (Phi) is 11.9. The summed E-state index contributed by atoms with van der Waals surface area (Å²) in [6.07, 6.45) is 14.7. The molecule has 0 aliphatic carbocycles. The average Bonchev–Trinajstić information content (AvgIpc) is 2.55.